The van der Waals surface area contributed by atoms with Gasteiger partial charge in [-0.25, -0.2) is 4.79 Å². The molecule has 0 aliphatic rings. The Labute approximate surface area is 272 Å². The molecule has 0 aliphatic heterocycles. The van der Waals surface area contributed by atoms with Crippen LogP contribution in [0.2, 0.25) is 0 Å². The third kappa shape index (κ3) is 9.80. The lowest BCUT2D eigenvalue weighted by atomic mass is 9.87. The predicted octanol–water partition coefficient (Wildman–Crippen LogP) is 10.2. The molecule has 4 nitrogen and oxygen atoms in total. The van der Waals surface area contributed by atoms with E-state index in [9.17, 15) is 93.0 Å². The van der Waals surface area contributed by atoms with Gasteiger partial charge in [0.15, 0.2) is 0 Å². The van der Waals surface area contributed by atoms with Crippen LogP contribution in [-0.4, -0.2) is 90.2 Å². The van der Waals surface area contributed by atoms with Gasteiger partial charge in [0, 0.05) is 17.9 Å². The van der Waals surface area contributed by atoms with Crippen molar-refractivity contribution in [3.63, 3.8) is 0 Å². The third-order valence-electron chi connectivity index (χ3n) is 6.27. The summed E-state index contributed by atoms with van der Waals surface area (Å²) in [5, 5.41) is 0. The first-order chi connectivity index (χ1) is 21.9. The van der Waals surface area contributed by atoms with Crippen LogP contribution < -0.4 is 0 Å². The molecule has 0 saturated carbocycles. The molecule has 0 N–H and O–H groups in total. The summed E-state index contributed by atoms with van der Waals surface area (Å²) in [5.41, 5.74) is 0. The first-order valence-electron chi connectivity index (χ1n) is 13.5. The molecule has 0 unspecified atom stereocenters. The first-order valence-corrected chi connectivity index (χ1v) is 16.0. The van der Waals surface area contributed by atoms with Crippen LogP contribution in [0.4, 0.5) is 83.4 Å². The van der Waals surface area contributed by atoms with Crippen molar-refractivity contribution in [2.45, 2.75) is 112 Å². The van der Waals surface area contributed by atoms with Crippen LogP contribution in [0.25, 0.3) is 0 Å². The van der Waals surface area contributed by atoms with Crippen LogP contribution in [0.5, 0.6) is 0 Å². The summed E-state index contributed by atoms with van der Waals surface area (Å²) in [6, 6.07) is 0. The van der Waals surface area contributed by atoms with Crippen LogP contribution in [0.15, 0.2) is 0 Å². The molecule has 0 spiro atoms. The van der Waals surface area contributed by atoms with Gasteiger partial charge in [0.2, 0.25) is 0 Å². The number of carbonyl (C=O) groups excluding carboxylic acids is 2. The molecule has 0 rings (SSSR count). The zero-order valence-electron chi connectivity index (χ0n) is 24.6. The van der Waals surface area contributed by atoms with Crippen molar-refractivity contribution in [2.24, 2.45) is 0 Å². The molecular weight excluding hydrogens is 777 g/mol. The molecule has 0 heterocycles. The van der Waals surface area contributed by atoms with E-state index < -0.39 is 77.9 Å². The van der Waals surface area contributed by atoms with E-state index in [1.165, 1.54) is 0 Å². The van der Waals surface area contributed by atoms with Crippen molar-refractivity contribution in [2.75, 3.05) is 24.7 Å². The highest BCUT2D eigenvalue weighted by Gasteiger charge is 2.97. The fraction of sp³-hybridized carbons (Fsp3) is 0.917. The smallest absolute Gasteiger partial charge is 0.460 e. The number of carbonyl (C=O) groups is 2. The summed E-state index contributed by atoms with van der Waals surface area (Å²) in [4.78, 5) is 22.9. The number of rotatable bonds is 23. The van der Waals surface area contributed by atoms with Crippen molar-refractivity contribution in [1.82, 2.24) is 0 Å². The topological polar surface area (TPSA) is 52.6 Å². The third-order valence-corrected chi connectivity index (χ3v) is 8.60. The maximum Gasteiger partial charge on any atom is 0.460 e. The summed E-state index contributed by atoms with van der Waals surface area (Å²) in [7, 11) is 1.34. The minimum atomic E-state index is -9.07. The summed E-state index contributed by atoms with van der Waals surface area (Å²) in [6.07, 6.45) is -1.42. The van der Waals surface area contributed by atoms with E-state index in [2.05, 4.69) is 4.74 Å². The molecule has 0 aromatic rings. The summed E-state index contributed by atoms with van der Waals surface area (Å²) < 4.78 is 262. The zero-order valence-corrected chi connectivity index (χ0v) is 26.2. The molecule has 0 aliphatic carbocycles. The lowest BCUT2D eigenvalue weighted by Crippen LogP contribution is -2.76. The van der Waals surface area contributed by atoms with Crippen LogP contribution in [-0.2, 0) is 19.1 Å². The Bertz CT molecular complexity index is 1070. The van der Waals surface area contributed by atoms with Gasteiger partial charge in [0.1, 0.15) is 13.2 Å². The standard InChI is InChI=1S/C24H27F19O4S2/c1-2-3-4-5-6-7-8-9-14(44)46-10-12-48-49-13-11-47-15(45)16(25,26)17(27,28)18(29,30)19(31,32)20(33,34)21(35,36)22(37,38)23(39,40)24(41,42)43/h2-13H2,1H3. The monoisotopic (exact) mass is 804 g/mol. The molecule has 292 valence electrons. The minimum absolute atomic E-state index is 0.0102. The van der Waals surface area contributed by atoms with E-state index in [-0.39, 0.29) is 18.8 Å². The average Bonchev–Trinajstić information content (AvgIpc) is 2.96. The van der Waals surface area contributed by atoms with Gasteiger partial charge in [-0.2, -0.15) is 83.4 Å². The summed E-state index contributed by atoms with van der Waals surface area (Å²) >= 11 is 0. The van der Waals surface area contributed by atoms with Gasteiger partial charge in [0.05, 0.1) is 0 Å². The number of hydrogen-bond acceptors (Lipinski definition) is 6. The number of esters is 2. The Kier molecular flexibility index (Phi) is 16.6. The van der Waals surface area contributed by atoms with E-state index in [4.69, 9.17) is 4.74 Å². The number of ether oxygens (including phenoxy) is 2. The molecule has 25 heteroatoms. The maximum absolute atomic E-state index is 13.9. The lowest BCUT2D eigenvalue weighted by Gasteiger charge is -2.43. The molecule has 49 heavy (non-hydrogen) atoms. The number of hydrogen-bond donors (Lipinski definition) is 0. The minimum Gasteiger partial charge on any atom is -0.465 e. The van der Waals surface area contributed by atoms with E-state index in [1.54, 1.807) is 0 Å². The van der Waals surface area contributed by atoms with Gasteiger partial charge < -0.3 is 9.47 Å². The van der Waals surface area contributed by atoms with Crippen molar-refractivity contribution in [3.05, 3.63) is 0 Å². The molecule has 0 saturated heterocycles. The molecule has 0 aromatic heterocycles. The van der Waals surface area contributed by atoms with Crippen LogP contribution >= 0.6 is 21.6 Å². The molecule has 0 atom stereocenters. The average molecular weight is 805 g/mol. The Balaban J connectivity index is 5.31. The van der Waals surface area contributed by atoms with Gasteiger partial charge in [-0.05, 0) is 6.42 Å². The Morgan fingerprint density at radius 1 is 0.469 bits per heavy atom. The number of unbranched alkanes of at least 4 members (excludes halogenated alkanes) is 6. The SMILES string of the molecule is CCCCCCCCCC(=O)OCCSSCCOC(=O)C(F)(F)C(F)(F)C(F)(F)C(F)(F)C(F)(F)C(F)(F)C(F)(F)C(F)(F)C(F)(F)F. The molecular formula is C24H27F19O4S2. The Hall–Kier alpha value is -1.69. The second kappa shape index (κ2) is 17.2. The Morgan fingerprint density at radius 2 is 0.816 bits per heavy atom. The fourth-order valence-electron chi connectivity index (χ4n) is 3.35. The Morgan fingerprint density at radius 3 is 1.22 bits per heavy atom. The quantitative estimate of drug-likeness (QED) is 0.0444. The second-order valence-corrected chi connectivity index (χ2v) is 12.7. The highest BCUT2D eigenvalue weighted by Crippen LogP contribution is 2.65. The van der Waals surface area contributed by atoms with E-state index >= 15 is 0 Å². The van der Waals surface area contributed by atoms with Crippen molar-refractivity contribution >= 4 is 33.5 Å². The van der Waals surface area contributed by atoms with E-state index in [0.29, 0.717) is 17.2 Å². The zero-order chi connectivity index (χ0) is 39.0. The highest BCUT2D eigenvalue weighted by molar-refractivity contribution is 8.76. The molecule has 0 aromatic carbocycles. The van der Waals surface area contributed by atoms with Gasteiger partial charge in [0.25, 0.3) is 0 Å². The highest BCUT2D eigenvalue weighted by atomic mass is 33.1. The van der Waals surface area contributed by atoms with Crippen LogP contribution in [0.3, 0.4) is 0 Å². The van der Waals surface area contributed by atoms with E-state index in [1.807, 2.05) is 6.92 Å². The molecule has 0 radical (unpaired) electrons. The molecule has 0 amide bonds. The maximum atomic E-state index is 13.9. The van der Waals surface area contributed by atoms with Crippen molar-refractivity contribution in [3.8, 4) is 0 Å². The van der Waals surface area contributed by atoms with Gasteiger partial charge in [-0.15, -0.1) is 0 Å². The van der Waals surface area contributed by atoms with Crippen molar-refractivity contribution < 1.29 is 102 Å². The molecule has 0 fully saturated rings. The fourth-order valence-corrected chi connectivity index (χ4v) is 5.01. The van der Waals surface area contributed by atoms with E-state index in [0.717, 1.165) is 49.3 Å². The van der Waals surface area contributed by atoms with Gasteiger partial charge >= 0.3 is 65.5 Å². The second-order valence-electron chi connectivity index (χ2n) is 9.96. The molecule has 0 bridgehead atoms. The number of alkyl halides is 19. The largest absolute Gasteiger partial charge is 0.465 e. The number of halogens is 19. The predicted molar refractivity (Wildman–Crippen MR) is 135 cm³/mol. The van der Waals surface area contributed by atoms with Crippen LogP contribution in [0, 0.1) is 0 Å². The van der Waals surface area contributed by atoms with Gasteiger partial charge in [-0.3, -0.25) is 4.79 Å². The summed E-state index contributed by atoms with van der Waals surface area (Å²) in [6.45, 7) is 0.402. The summed E-state index contributed by atoms with van der Waals surface area (Å²) in [5.74, 6) is -73.8. The lowest BCUT2D eigenvalue weighted by molar-refractivity contribution is -0.467. The first kappa shape index (κ1) is 47.3. The van der Waals surface area contributed by atoms with Crippen LogP contribution in [0.1, 0.15) is 58.3 Å². The normalized spacial score (nSPS) is 14.6. The van der Waals surface area contributed by atoms with Crippen molar-refractivity contribution in [1.29, 1.82) is 0 Å². The van der Waals surface area contributed by atoms with Gasteiger partial charge in [-0.1, -0.05) is 67.0 Å².